The normalized spacial score (nSPS) is 17.0. The summed E-state index contributed by atoms with van der Waals surface area (Å²) in [4.78, 5) is 25.6. The Bertz CT molecular complexity index is 508. The Hall–Kier alpha value is -2.04. The number of nitrogens with two attached hydrogens (primary N) is 1. The van der Waals surface area contributed by atoms with Crippen molar-refractivity contribution in [3.8, 4) is 0 Å². The van der Waals surface area contributed by atoms with Gasteiger partial charge in [-0.2, -0.15) is 0 Å². The maximum atomic E-state index is 12.2. The van der Waals surface area contributed by atoms with Crippen molar-refractivity contribution >= 4 is 11.9 Å². The van der Waals surface area contributed by atoms with E-state index in [4.69, 9.17) is 5.73 Å². The second kappa shape index (κ2) is 7.29. The molecule has 3 amide bonds. The summed E-state index contributed by atoms with van der Waals surface area (Å²) in [5, 5.41) is 2.95. The Morgan fingerprint density at radius 3 is 2.41 bits per heavy atom. The second-order valence-corrected chi connectivity index (χ2v) is 5.95. The first-order chi connectivity index (χ1) is 10.6. The lowest BCUT2D eigenvalue weighted by Gasteiger charge is -2.39. The standard InChI is InChI=1S/C17H25N3O2/c1-2-17(15(18)21)9-12-20(13-10-17)16(22)19-11-8-14-6-4-3-5-7-14/h3-7H,2,8-13H2,1H3,(H2,18,21)(H,19,22). The SMILES string of the molecule is CCC1(C(N)=O)CCN(C(=O)NCCc2ccccc2)CC1. The van der Waals surface area contributed by atoms with E-state index < -0.39 is 5.41 Å². The Morgan fingerprint density at radius 2 is 1.86 bits per heavy atom. The molecule has 1 aromatic rings. The number of primary amides is 1. The van der Waals surface area contributed by atoms with E-state index in [0.29, 0.717) is 32.5 Å². The van der Waals surface area contributed by atoms with Gasteiger partial charge >= 0.3 is 6.03 Å². The number of hydrogen-bond donors (Lipinski definition) is 2. The number of carbonyl (C=O) groups is 2. The van der Waals surface area contributed by atoms with Gasteiger partial charge < -0.3 is 16.0 Å². The van der Waals surface area contributed by atoms with Crippen molar-refractivity contribution < 1.29 is 9.59 Å². The molecule has 1 fully saturated rings. The van der Waals surface area contributed by atoms with Gasteiger partial charge in [-0.05, 0) is 31.2 Å². The fourth-order valence-corrected chi connectivity index (χ4v) is 2.98. The first kappa shape index (κ1) is 16.3. The summed E-state index contributed by atoms with van der Waals surface area (Å²) in [6.45, 7) is 3.79. The molecule has 0 aromatic heterocycles. The molecule has 1 saturated heterocycles. The highest BCUT2D eigenvalue weighted by molar-refractivity contribution is 5.81. The summed E-state index contributed by atoms with van der Waals surface area (Å²) in [5.41, 5.74) is 6.30. The number of piperidine rings is 1. The van der Waals surface area contributed by atoms with Gasteiger partial charge in [-0.25, -0.2) is 4.79 Å². The number of urea groups is 1. The number of likely N-dealkylation sites (tertiary alicyclic amines) is 1. The van der Waals surface area contributed by atoms with Crippen molar-refractivity contribution in [2.45, 2.75) is 32.6 Å². The molecule has 1 aromatic carbocycles. The molecule has 0 atom stereocenters. The molecule has 0 radical (unpaired) electrons. The van der Waals surface area contributed by atoms with Gasteiger partial charge in [-0.15, -0.1) is 0 Å². The van der Waals surface area contributed by atoms with Gasteiger partial charge in [0.05, 0.1) is 5.41 Å². The number of nitrogens with zero attached hydrogens (tertiary/aromatic N) is 1. The Balaban J connectivity index is 1.77. The van der Waals surface area contributed by atoms with Gasteiger partial charge in [0, 0.05) is 19.6 Å². The number of nitrogens with one attached hydrogen (secondary N) is 1. The summed E-state index contributed by atoms with van der Waals surface area (Å²) >= 11 is 0. The average Bonchev–Trinajstić information content (AvgIpc) is 2.55. The van der Waals surface area contributed by atoms with E-state index in [9.17, 15) is 9.59 Å². The van der Waals surface area contributed by atoms with Crippen LogP contribution in [-0.2, 0) is 11.2 Å². The molecule has 0 aliphatic carbocycles. The molecule has 0 spiro atoms. The van der Waals surface area contributed by atoms with E-state index >= 15 is 0 Å². The molecular weight excluding hydrogens is 278 g/mol. The van der Waals surface area contributed by atoms with Crippen molar-refractivity contribution in [1.82, 2.24) is 10.2 Å². The van der Waals surface area contributed by atoms with Crippen molar-refractivity contribution in [1.29, 1.82) is 0 Å². The van der Waals surface area contributed by atoms with Crippen LogP contribution in [0, 0.1) is 5.41 Å². The van der Waals surface area contributed by atoms with E-state index in [-0.39, 0.29) is 11.9 Å². The van der Waals surface area contributed by atoms with Crippen molar-refractivity contribution in [2.24, 2.45) is 11.1 Å². The molecule has 1 aliphatic rings. The van der Waals surface area contributed by atoms with Gasteiger partial charge in [-0.3, -0.25) is 4.79 Å². The van der Waals surface area contributed by atoms with Crippen LogP contribution < -0.4 is 11.1 Å². The zero-order chi connectivity index (χ0) is 16.0. The number of amides is 3. The second-order valence-electron chi connectivity index (χ2n) is 5.95. The topological polar surface area (TPSA) is 75.4 Å². The zero-order valence-electron chi connectivity index (χ0n) is 13.2. The molecule has 1 aliphatic heterocycles. The predicted octanol–water partition coefficient (Wildman–Crippen LogP) is 1.92. The van der Waals surface area contributed by atoms with Gasteiger partial charge in [0.25, 0.3) is 0 Å². The third-order valence-electron chi connectivity index (χ3n) is 4.74. The quantitative estimate of drug-likeness (QED) is 0.872. The van der Waals surface area contributed by atoms with Crippen LogP contribution in [0.25, 0.3) is 0 Å². The van der Waals surface area contributed by atoms with Crippen LogP contribution in [0.5, 0.6) is 0 Å². The van der Waals surface area contributed by atoms with Gasteiger partial charge in [-0.1, -0.05) is 37.3 Å². The number of rotatable bonds is 5. The van der Waals surface area contributed by atoms with Crippen molar-refractivity contribution in [3.63, 3.8) is 0 Å². The first-order valence-corrected chi connectivity index (χ1v) is 7.94. The molecule has 2 rings (SSSR count). The first-order valence-electron chi connectivity index (χ1n) is 7.94. The number of hydrogen-bond acceptors (Lipinski definition) is 2. The maximum Gasteiger partial charge on any atom is 0.317 e. The average molecular weight is 303 g/mol. The Morgan fingerprint density at radius 1 is 1.23 bits per heavy atom. The Kier molecular flexibility index (Phi) is 5.41. The monoisotopic (exact) mass is 303 g/mol. The molecule has 120 valence electrons. The van der Waals surface area contributed by atoms with E-state index in [1.54, 1.807) is 4.90 Å². The van der Waals surface area contributed by atoms with E-state index in [0.717, 1.165) is 12.8 Å². The van der Waals surface area contributed by atoms with E-state index in [1.807, 2.05) is 25.1 Å². The minimum absolute atomic E-state index is 0.0508. The highest BCUT2D eigenvalue weighted by atomic mass is 16.2. The largest absolute Gasteiger partial charge is 0.369 e. The van der Waals surface area contributed by atoms with Crippen LogP contribution >= 0.6 is 0 Å². The summed E-state index contributed by atoms with van der Waals surface area (Å²) < 4.78 is 0. The summed E-state index contributed by atoms with van der Waals surface area (Å²) in [5.74, 6) is -0.237. The van der Waals surface area contributed by atoms with E-state index in [1.165, 1.54) is 5.56 Å². The molecule has 5 heteroatoms. The molecule has 1 heterocycles. The van der Waals surface area contributed by atoms with Crippen molar-refractivity contribution in [2.75, 3.05) is 19.6 Å². The lowest BCUT2D eigenvalue weighted by Crippen LogP contribution is -2.51. The van der Waals surface area contributed by atoms with Crippen molar-refractivity contribution in [3.05, 3.63) is 35.9 Å². The molecule has 0 unspecified atom stereocenters. The summed E-state index contributed by atoms with van der Waals surface area (Å²) in [6.07, 6.45) is 2.88. The third-order valence-corrected chi connectivity index (χ3v) is 4.74. The molecule has 0 saturated carbocycles. The minimum atomic E-state index is -0.430. The molecular formula is C17H25N3O2. The minimum Gasteiger partial charge on any atom is -0.369 e. The molecule has 0 bridgehead atoms. The van der Waals surface area contributed by atoms with Crippen LogP contribution in [-0.4, -0.2) is 36.5 Å². The lowest BCUT2D eigenvalue weighted by molar-refractivity contribution is -0.130. The fourth-order valence-electron chi connectivity index (χ4n) is 2.98. The van der Waals surface area contributed by atoms with Crippen LogP contribution in [0.15, 0.2) is 30.3 Å². The maximum absolute atomic E-state index is 12.2. The highest BCUT2D eigenvalue weighted by Gasteiger charge is 2.39. The highest BCUT2D eigenvalue weighted by Crippen LogP contribution is 2.34. The predicted molar refractivity (Wildman–Crippen MR) is 86.3 cm³/mol. The van der Waals surface area contributed by atoms with Gasteiger partial charge in [0.2, 0.25) is 5.91 Å². The number of benzene rings is 1. The summed E-state index contributed by atoms with van der Waals surface area (Å²) in [7, 11) is 0. The van der Waals surface area contributed by atoms with Gasteiger partial charge in [0.1, 0.15) is 0 Å². The van der Waals surface area contributed by atoms with Crippen LogP contribution in [0.4, 0.5) is 4.79 Å². The van der Waals surface area contributed by atoms with Crippen LogP contribution in [0.1, 0.15) is 31.7 Å². The molecule has 5 nitrogen and oxygen atoms in total. The number of carbonyl (C=O) groups excluding carboxylic acids is 2. The fraction of sp³-hybridized carbons (Fsp3) is 0.529. The lowest BCUT2D eigenvalue weighted by atomic mass is 9.75. The summed E-state index contributed by atoms with van der Waals surface area (Å²) in [6, 6.07) is 10.0. The molecule has 3 N–H and O–H groups in total. The Labute approximate surface area is 131 Å². The smallest absolute Gasteiger partial charge is 0.317 e. The van der Waals surface area contributed by atoms with Crippen LogP contribution in [0.3, 0.4) is 0 Å². The van der Waals surface area contributed by atoms with E-state index in [2.05, 4.69) is 17.4 Å². The van der Waals surface area contributed by atoms with Crippen LogP contribution in [0.2, 0.25) is 0 Å². The zero-order valence-corrected chi connectivity index (χ0v) is 13.2. The third kappa shape index (κ3) is 3.78. The van der Waals surface area contributed by atoms with Gasteiger partial charge in [0.15, 0.2) is 0 Å². The molecule has 22 heavy (non-hydrogen) atoms.